The van der Waals surface area contributed by atoms with Crippen molar-refractivity contribution in [1.82, 2.24) is 14.8 Å². The van der Waals surface area contributed by atoms with E-state index in [2.05, 4.69) is 15.5 Å². The number of aryl methyl sites for hydroxylation is 1. The van der Waals surface area contributed by atoms with Gasteiger partial charge >= 0.3 is 6.18 Å². The fraction of sp³-hybridized carbons (Fsp3) is 0.278. The van der Waals surface area contributed by atoms with Crippen LogP contribution in [0.3, 0.4) is 0 Å². The zero-order valence-corrected chi connectivity index (χ0v) is 16.9. The lowest BCUT2D eigenvalue weighted by Gasteiger charge is -2.13. The predicted molar refractivity (Wildman–Crippen MR) is 105 cm³/mol. The Hall–Kier alpha value is -2.33. The minimum absolute atomic E-state index is 0.0835. The quantitative estimate of drug-likeness (QED) is 0.589. The molecule has 148 valence electrons. The molecule has 2 aromatic heterocycles. The Bertz CT molecular complexity index is 1010. The molecule has 1 N–H and O–H groups in total. The lowest BCUT2D eigenvalue weighted by molar-refractivity contribution is -0.137. The van der Waals surface area contributed by atoms with Crippen LogP contribution in [0.5, 0.6) is 0 Å². The van der Waals surface area contributed by atoms with E-state index in [4.69, 9.17) is 0 Å². The number of hydrogen-bond donors (Lipinski definition) is 1. The third-order valence-electron chi connectivity index (χ3n) is 4.20. The van der Waals surface area contributed by atoms with Crippen LogP contribution in [-0.2, 0) is 18.0 Å². The summed E-state index contributed by atoms with van der Waals surface area (Å²) in [4.78, 5) is 13.3. The molecule has 2 heterocycles. The van der Waals surface area contributed by atoms with Crippen LogP contribution in [0, 0.1) is 13.8 Å². The van der Waals surface area contributed by atoms with Gasteiger partial charge in [-0.05, 0) is 31.5 Å². The Balaban J connectivity index is 1.69. The molecular formula is C18H17F3N4OS2. The number of carbonyl (C=O) groups excluding carboxylic acids is 1. The predicted octanol–water partition coefficient (Wildman–Crippen LogP) is 4.91. The van der Waals surface area contributed by atoms with E-state index < -0.39 is 17.6 Å². The molecule has 0 spiro atoms. The average Bonchev–Trinajstić information content (AvgIpc) is 3.15. The highest BCUT2D eigenvalue weighted by Crippen LogP contribution is 2.35. The third-order valence-corrected chi connectivity index (χ3v) is 6.23. The van der Waals surface area contributed by atoms with Crippen molar-refractivity contribution in [3.8, 4) is 11.4 Å². The number of anilines is 1. The second-order valence-corrected chi connectivity index (χ2v) is 8.10. The summed E-state index contributed by atoms with van der Waals surface area (Å²) >= 11 is 2.74. The number of nitrogens with one attached hydrogen (secondary N) is 1. The zero-order chi connectivity index (χ0) is 20.5. The van der Waals surface area contributed by atoms with Crippen molar-refractivity contribution in [3.63, 3.8) is 0 Å². The summed E-state index contributed by atoms with van der Waals surface area (Å²) in [5.74, 6) is 0.0563. The second-order valence-electron chi connectivity index (χ2n) is 6.08. The zero-order valence-electron chi connectivity index (χ0n) is 15.3. The van der Waals surface area contributed by atoms with Crippen LogP contribution in [0.2, 0.25) is 0 Å². The Labute approximate surface area is 168 Å². The van der Waals surface area contributed by atoms with E-state index in [-0.39, 0.29) is 11.4 Å². The number of aromatic nitrogens is 3. The van der Waals surface area contributed by atoms with Gasteiger partial charge in [0.05, 0.1) is 17.0 Å². The molecule has 0 bridgehead atoms. The Kier molecular flexibility index (Phi) is 5.80. The summed E-state index contributed by atoms with van der Waals surface area (Å²) in [5, 5.41) is 13.1. The minimum atomic E-state index is -4.54. The summed E-state index contributed by atoms with van der Waals surface area (Å²) in [6, 6.07) is 4.89. The molecule has 0 fully saturated rings. The van der Waals surface area contributed by atoms with E-state index in [0.29, 0.717) is 11.0 Å². The van der Waals surface area contributed by atoms with Gasteiger partial charge in [-0.3, -0.25) is 4.79 Å². The number of thioether (sulfide) groups is 1. The molecule has 3 aromatic rings. The molecule has 0 aliphatic heterocycles. The molecule has 1 aromatic carbocycles. The van der Waals surface area contributed by atoms with Crippen molar-refractivity contribution in [1.29, 1.82) is 0 Å². The maximum atomic E-state index is 13.0. The van der Waals surface area contributed by atoms with Crippen molar-refractivity contribution < 1.29 is 18.0 Å². The number of hydrogen-bond acceptors (Lipinski definition) is 5. The van der Waals surface area contributed by atoms with Gasteiger partial charge in [-0.2, -0.15) is 13.2 Å². The summed E-state index contributed by atoms with van der Waals surface area (Å²) in [7, 11) is 1.79. The molecule has 0 saturated carbocycles. The van der Waals surface area contributed by atoms with Crippen LogP contribution in [0.25, 0.3) is 11.4 Å². The SMILES string of the molecule is Cc1scc(-c2nnc(SCC(=O)Nc3ccccc3C(F)(F)F)n2C)c1C. The van der Waals surface area contributed by atoms with Crippen LogP contribution in [0.1, 0.15) is 16.0 Å². The van der Waals surface area contributed by atoms with Crippen LogP contribution >= 0.6 is 23.1 Å². The molecule has 0 aliphatic rings. The highest BCUT2D eigenvalue weighted by Gasteiger charge is 2.33. The first kappa shape index (κ1) is 20.4. The molecule has 0 unspecified atom stereocenters. The first-order valence-corrected chi connectivity index (χ1v) is 10.1. The van der Waals surface area contributed by atoms with Gasteiger partial charge in [-0.1, -0.05) is 23.9 Å². The fourth-order valence-corrected chi connectivity index (χ4v) is 4.14. The monoisotopic (exact) mass is 426 g/mol. The normalized spacial score (nSPS) is 11.6. The van der Waals surface area contributed by atoms with E-state index in [1.807, 2.05) is 19.2 Å². The van der Waals surface area contributed by atoms with Crippen molar-refractivity contribution in [2.24, 2.45) is 7.05 Å². The number of alkyl halides is 3. The average molecular weight is 426 g/mol. The van der Waals surface area contributed by atoms with Crippen molar-refractivity contribution in [2.45, 2.75) is 25.2 Å². The number of amides is 1. The first-order chi connectivity index (χ1) is 13.2. The molecule has 0 saturated heterocycles. The largest absolute Gasteiger partial charge is 0.418 e. The molecular weight excluding hydrogens is 409 g/mol. The van der Waals surface area contributed by atoms with Crippen LogP contribution in [-0.4, -0.2) is 26.4 Å². The van der Waals surface area contributed by atoms with Gasteiger partial charge in [0.15, 0.2) is 11.0 Å². The molecule has 10 heteroatoms. The highest BCUT2D eigenvalue weighted by atomic mass is 32.2. The first-order valence-electron chi connectivity index (χ1n) is 8.21. The van der Waals surface area contributed by atoms with E-state index in [1.54, 1.807) is 23.0 Å². The summed E-state index contributed by atoms with van der Waals surface area (Å²) in [6.07, 6.45) is -4.54. The molecule has 28 heavy (non-hydrogen) atoms. The van der Waals surface area contributed by atoms with Crippen molar-refractivity contribution in [2.75, 3.05) is 11.1 Å². The van der Waals surface area contributed by atoms with E-state index in [9.17, 15) is 18.0 Å². The maximum absolute atomic E-state index is 13.0. The van der Waals surface area contributed by atoms with Gasteiger partial charge in [-0.25, -0.2) is 0 Å². The van der Waals surface area contributed by atoms with Crippen molar-refractivity contribution in [3.05, 3.63) is 45.6 Å². The van der Waals surface area contributed by atoms with Crippen LogP contribution in [0.15, 0.2) is 34.8 Å². The van der Waals surface area contributed by atoms with Gasteiger partial charge in [0, 0.05) is 22.9 Å². The summed E-state index contributed by atoms with van der Waals surface area (Å²) < 4.78 is 40.8. The number of rotatable bonds is 5. The molecule has 0 aliphatic carbocycles. The minimum Gasteiger partial charge on any atom is -0.325 e. The van der Waals surface area contributed by atoms with E-state index in [0.717, 1.165) is 29.0 Å². The van der Waals surface area contributed by atoms with Gasteiger partial charge in [-0.15, -0.1) is 21.5 Å². The van der Waals surface area contributed by atoms with Gasteiger partial charge in [0.1, 0.15) is 0 Å². The van der Waals surface area contributed by atoms with Gasteiger partial charge in [0.2, 0.25) is 5.91 Å². The summed E-state index contributed by atoms with van der Waals surface area (Å²) in [5.41, 5.74) is 0.965. The third kappa shape index (κ3) is 4.22. The van der Waals surface area contributed by atoms with Crippen molar-refractivity contribution >= 4 is 34.7 Å². The highest BCUT2D eigenvalue weighted by molar-refractivity contribution is 7.99. The van der Waals surface area contributed by atoms with Gasteiger partial charge in [0.25, 0.3) is 0 Å². The fourth-order valence-electron chi connectivity index (χ4n) is 2.56. The van der Waals surface area contributed by atoms with Crippen LogP contribution in [0.4, 0.5) is 18.9 Å². The number of para-hydroxylation sites is 1. The number of benzene rings is 1. The standard InChI is InChI=1S/C18H17F3N4OS2/c1-10-11(2)27-8-12(10)16-23-24-17(25(16)3)28-9-15(26)22-14-7-5-4-6-13(14)18(19,20)21/h4-8H,9H2,1-3H3,(H,22,26). The Morgan fingerprint density at radius 1 is 1.25 bits per heavy atom. The topological polar surface area (TPSA) is 59.8 Å². The van der Waals surface area contributed by atoms with Crippen LogP contribution < -0.4 is 5.32 Å². The number of nitrogens with zero attached hydrogens (tertiary/aromatic N) is 3. The molecule has 1 amide bonds. The van der Waals surface area contributed by atoms with E-state index in [1.165, 1.54) is 23.1 Å². The Morgan fingerprint density at radius 2 is 1.96 bits per heavy atom. The molecule has 0 radical (unpaired) electrons. The number of carbonyl (C=O) groups is 1. The number of halogens is 3. The summed E-state index contributed by atoms with van der Waals surface area (Å²) in [6.45, 7) is 4.03. The van der Waals surface area contributed by atoms with E-state index >= 15 is 0 Å². The number of thiophene rings is 1. The lowest BCUT2D eigenvalue weighted by atomic mass is 10.1. The van der Waals surface area contributed by atoms with Gasteiger partial charge < -0.3 is 9.88 Å². The molecule has 3 rings (SSSR count). The molecule has 5 nitrogen and oxygen atoms in total. The molecule has 0 atom stereocenters. The second kappa shape index (κ2) is 7.96. The smallest absolute Gasteiger partial charge is 0.325 e. The Morgan fingerprint density at radius 3 is 2.61 bits per heavy atom. The maximum Gasteiger partial charge on any atom is 0.418 e. The lowest BCUT2D eigenvalue weighted by Crippen LogP contribution is -2.18.